The van der Waals surface area contributed by atoms with Crippen LogP contribution in [0.2, 0.25) is 0 Å². The predicted octanol–water partition coefficient (Wildman–Crippen LogP) is 1.67. The van der Waals surface area contributed by atoms with E-state index in [4.69, 9.17) is 4.74 Å². The lowest BCUT2D eigenvalue weighted by Crippen LogP contribution is -2.56. The highest BCUT2D eigenvalue weighted by Gasteiger charge is 2.42. The molecule has 18 heavy (non-hydrogen) atoms. The van der Waals surface area contributed by atoms with Crippen LogP contribution in [-0.2, 0) is 9.53 Å². The summed E-state index contributed by atoms with van der Waals surface area (Å²) in [6, 6.07) is 0. The molecular formula is C13H22N2O3. The average molecular weight is 254 g/mol. The number of amides is 2. The van der Waals surface area contributed by atoms with Crippen LogP contribution in [0.25, 0.3) is 0 Å². The Balaban J connectivity index is 1.99. The van der Waals surface area contributed by atoms with Gasteiger partial charge in [0.2, 0.25) is 5.91 Å². The van der Waals surface area contributed by atoms with Gasteiger partial charge in [-0.1, -0.05) is 0 Å². The Morgan fingerprint density at radius 3 is 2.67 bits per heavy atom. The number of piperidine rings is 1. The van der Waals surface area contributed by atoms with E-state index in [1.807, 2.05) is 20.8 Å². The van der Waals surface area contributed by atoms with Crippen molar-refractivity contribution in [3.63, 3.8) is 0 Å². The van der Waals surface area contributed by atoms with Crippen molar-refractivity contribution >= 4 is 12.0 Å². The molecule has 1 atom stereocenters. The molecule has 2 rings (SSSR count). The monoisotopic (exact) mass is 254 g/mol. The third kappa shape index (κ3) is 2.94. The average Bonchev–Trinajstić information content (AvgIpc) is 2.57. The molecule has 2 fully saturated rings. The van der Waals surface area contributed by atoms with Gasteiger partial charge in [-0.2, -0.15) is 0 Å². The van der Waals surface area contributed by atoms with E-state index in [-0.39, 0.29) is 17.5 Å². The summed E-state index contributed by atoms with van der Waals surface area (Å²) in [4.78, 5) is 25.1. The highest BCUT2D eigenvalue weighted by Crippen LogP contribution is 2.30. The second-order valence-electron chi connectivity index (χ2n) is 6.33. The zero-order valence-electron chi connectivity index (χ0n) is 11.4. The van der Waals surface area contributed by atoms with E-state index in [2.05, 4.69) is 5.32 Å². The highest BCUT2D eigenvalue weighted by molar-refractivity contribution is 5.79. The Labute approximate surface area is 108 Å². The predicted molar refractivity (Wildman–Crippen MR) is 67.1 cm³/mol. The fourth-order valence-electron chi connectivity index (χ4n) is 2.69. The van der Waals surface area contributed by atoms with Crippen LogP contribution >= 0.6 is 0 Å². The summed E-state index contributed by atoms with van der Waals surface area (Å²) in [5.41, 5.74) is -0.674. The first-order valence-electron chi connectivity index (χ1n) is 6.59. The van der Waals surface area contributed by atoms with Crippen molar-refractivity contribution in [1.29, 1.82) is 0 Å². The van der Waals surface area contributed by atoms with Gasteiger partial charge in [0, 0.05) is 19.5 Å². The minimum absolute atomic E-state index is 0.0982. The maximum atomic E-state index is 12.0. The number of nitrogens with zero attached hydrogens (tertiary/aromatic N) is 1. The Morgan fingerprint density at radius 1 is 1.39 bits per heavy atom. The van der Waals surface area contributed by atoms with Crippen molar-refractivity contribution in [2.24, 2.45) is 0 Å². The standard InChI is InChI=1S/C13H22N2O3/c1-12(2,3)18-11(17)15-8-4-6-13(9-15)7-5-10(16)14-13/h4-9H2,1-3H3,(H,14,16). The van der Waals surface area contributed by atoms with E-state index in [1.54, 1.807) is 4.90 Å². The number of ether oxygens (including phenoxy) is 1. The molecule has 2 amide bonds. The second kappa shape index (κ2) is 4.44. The number of nitrogens with one attached hydrogen (secondary N) is 1. The van der Waals surface area contributed by atoms with Crippen molar-refractivity contribution in [3.05, 3.63) is 0 Å². The van der Waals surface area contributed by atoms with Crippen molar-refractivity contribution < 1.29 is 14.3 Å². The molecule has 0 bridgehead atoms. The van der Waals surface area contributed by atoms with Crippen molar-refractivity contribution in [2.45, 2.75) is 57.6 Å². The second-order valence-corrected chi connectivity index (χ2v) is 6.33. The van der Waals surface area contributed by atoms with Gasteiger partial charge in [0.15, 0.2) is 0 Å². The minimum Gasteiger partial charge on any atom is -0.444 e. The van der Waals surface area contributed by atoms with Crippen molar-refractivity contribution in [1.82, 2.24) is 10.2 Å². The molecule has 0 aromatic rings. The quantitative estimate of drug-likeness (QED) is 0.715. The molecule has 2 aliphatic heterocycles. The van der Waals surface area contributed by atoms with Crippen LogP contribution in [-0.4, -0.2) is 41.1 Å². The van der Waals surface area contributed by atoms with Crippen molar-refractivity contribution in [3.8, 4) is 0 Å². The molecule has 2 aliphatic rings. The zero-order valence-corrected chi connectivity index (χ0v) is 11.4. The molecule has 1 unspecified atom stereocenters. The highest BCUT2D eigenvalue weighted by atomic mass is 16.6. The Hall–Kier alpha value is -1.26. The summed E-state index contributed by atoms with van der Waals surface area (Å²) >= 11 is 0. The molecule has 1 N–H and O–H groups in total. The maximum Gasteiger partial charge on any atom is 0.410 e. The third-order valence-corrected chi connectivity index (χ3v) is 3.46. The molecule has 0 aromatic carbocycles. The molecule has 102 valence electrons. The van der Waals surface area contributed by atoms with Crippen LogP contribution in [0.1, 0.15) is 46.5 Å². The van der Waals surface area contributed by atoms with E-state index in [9.17, 15) is 9.59 Å². The number of carbonyl (C=O) groups is 2. The molecule has 0 aromatic heterocycles. The van der Waals surface area contributed by atoms with Crippen LogP contribution in [0.4, 0.5) is 4.79 Å². The van der Waals surface area contributed by atoms with E-state index in [0.717, 1.165) is 19.3 Å². The molecule has 2 heterocycles. The van der Waals surface area contributed by atoms with Gasteiger partial charge < -0.3 is 15.0 Å². The molecule has 1 spiro atoms. The van der Waals surface area contributed by atoms with Gasteiger partial charge in [-0.3, -0.25) is 4.79 Å². The molecule has 2 saturated heterocycles. The number of carbonyl (C=O) groups excluding carboxylic acids is 2. The molecule has 0 aliphatic carbocycles. The van der Waals surface area contributed by atoms with E-state index < -0.39 is 5.60 Å². The van der Waals surface area contributed by atoms with Gasteiger partial charge in [0.05, 0.1) is 5.54 Å². The first-order chi connectivity index (χ1) is 8.30. The summed E-state index contributed by atoms with van der Waals surface area (Å²) < 4.78 is 5.38. The number of likely N-dealkylation sites (tertiary alicyclic amines) is 1. The van der Waals surface area contributed by atoms with Gasteiger partial charge in [-0.05, 0) is 40.0 Å². The van der Waals surface area contributed by atoms with Crippen LogP contribution in [0.5, 0.6) is 0 Å². The van der Waals surface area contributed by atoms with E-state index >= 15 is 0 Å². The molecule has 0 radical (unpaired) electrons. The Morgan fingerprint density at radius 2 is 2.11 bits per heavy atom. The van der Waals surface area contributed by atoms with Gasteiger partial charge in [-0.15, -0.1) is 0 Å². The lowest BCUT2D eigenvalue weighted by Gasteiger charge is -2.40. The number of hydrogen-bond donors (Lipinski definition) is 1. The number of rotatable bonds is 0. The van der Waals surface area contributed by atoms with Crippen LogP contribution < -0.4 is 5.32 Å². The summed E-state index contributed by atoms with van der Waals surface area (Å²) in [6.45, 7) is 6.88. The SMILES string of the molecule is CC(C)(C)OC(=O)N1CCCC2(CCC(=O)N2)C1. The molecular weight excluding hydrogens is 232 g/mol. The number of hydrogen-bond acceptors (Lipinski definition) is 3. The maximum absolute atomic E-state index is 12.0. The van der Waals surface area contributed by atoms with Gasteiger partial charge >= 0.3 is 6.09 Å². The van der Waals surface area contributed by atoms with E-state index in [0.29, 0.717) is 19.5 Å². The Bertz CT molecular complexity index is 362. The summed E-state index contributed by atoms with van der Waals surface area (Å²) in [6.07, 6.45) is 2.99. The minimum atomic E-state index is -0.472. The summed E-state index contributed by atoms with van der Waals surface area (Å²) in [7, 11) is 0. The first kappa shape index (κ1) is 13.2. The first-order valence-corrected chi connectivity index (χ1v) is 6.59. The molecule has 0 saturated carbocycles. The molecule has 5 heteroatoms. The zero-order chi connectivity index (χ0) is 13.4. The largest absolute Gasteiger partial charge is 0.444 e. The van der Waals surface area contributed by atoms with Gasteiger partial charge in [-0.25, -0.2) is 4.79 Å². The fourth-order valence-corrected chi connectivity index (χ4v) is 2.69. The smallest absolute Gasteiger partial charge is 0.410 e. The van der Waals surface area contributed by atoms with Gasteiger partial charge in [0.1, 0.15) is 5.60 Å². The summed E-state index contributed by atoms with van der Waals surface area (Å²) in [5, 5.41) is 3.03. The fraction of sp³-hybridized carbons (Fsp3) is 0.846. The molecule has 5 nitrogen and oxygen atoms in total. The van der Waals surface area contributed by atoms with Crippen molar-refractivity contribution in [2.75, 3.05) is 13.1 Å². The summed E-state index contributed by atoms with van der Waals surface area (Å²) in [5.74, 6) is 0.0982. The van der Waals surface area contributed by atoms with Gasteiger partial charge in [0.25, 0.3) is 0 Å². The topological polar surface area (TPSA) is 58.6 Å². The third-order valence-electron chi connectivity index (χ3n) is 3.46. The normalized spacial score (nSPS) is 28.4. The Kier molecular flexibility index (Phi) is 3.25. The lowest BCUT2D eigenvalue weighted by atomic mass is 9.88. The van der Waals surface area contributed by atoms with Crippen LogP contribution in [0, 0.1) is 0 Å². The van der Waals surface area contributed by atoms with Crippen LogP contribution in [0.15, 0.2) is 0 Å². The van der Waals surface area contributed by atoms with E-state index in [1.165, 1.54) is 0 Å². The lowest BCUT2D eigenvalue weighted by molar-refractivity contribution is -0.120. The van der Waals surface area contributed by atoms with Crippen LogP contribution in [0.3, 0.4) is 0 Å².